The predicted octanol–water partition coefficient (Wildman–Crippen LogP) is 10.0. The fourth-order valence-corrected chi connectivity index (χ4v) is 11.2. The summed E-state index contributed by atoms with van der Waals surface area (Å²) in [6.07, 6.45) is 6.37. The molecular weight excluding hydrogens is 880 g/mol. The molecule has 0 bridgehead atoms. The van der Waals surface area contributed by atoms with Crippen molar-refractivity contribution >= 4 is 61.9 Å². The van der Waals surface area contributed by atoms with Crippen LogP contribution in [0.5, 0.6) is 0 Å². The molecule has 2 N–H and O–H groups in total. The van der Waals surface area contributed by atoms with Crippen LogP contribution in [0.25, 0.3) is 5.57 Å². The lowest BCUT2D eigenvalue weighted by molar-refractivity contribution is -0.384. The molecule has 0 aromatic heterocycles. The van der Waals surface area contributed by atoms with Gasteiger partial charge < -0.3 is 19.9 Å². The summed E-state index contributed by atoms with van der Waals surface area (Å²) in [5.41, 5.74) is 5.40. The van der Waals surface area contributed by atoms with Crippen molar-refractivity contribution in [3.05, 3.63) is 129 Å². The Labute approximate surface area is 394 Å². The van der Waals surface area contributed by atoms with Crippen molar-refractivity contribution in [2.24, 2.45) is 5.41 Å². The molecule has 348 valence electrons. The summed E-state index contributed by atoms with van der Waals surface area (Å²) in [4.78, 5) is 33.1. The molecule has 0 radical (unpaired) electrons. The number of nitro groups is 1. The molecule has 0 saturated carbocycles. The highest BCUT2D eigenvalue weighted by Crippen LogP contribution is 2.43. The molecule has 12 nitrogen and oxygen atoms in total. The number of nitro benzene ring substituents is 1. The summed E-state index contributed by atoms with van der Waals surface area (Å²) in [5.74, 6) is -0.174. The third kappa shape index (κ3) is 13.6. The second-order valence-corrected chi connectivity index (χ2v) is 21.8. The molecule has 7 rings (SSSR count). The van der Waals surface area contributed by atoms with Gasteiger partial charge in [-0.25, -0.2) is 13.1 Å². The van der Waals surface area contributed by atoms with Crippen molar-refractivity contribution < 1.29 is 22.9 Å². The third-order valence-electron chi connectivity index (χ3n) is 12.7. The second-order valence-electron chi connectivity index (χ2n) is 18.6. The van der Waals surface area contributed by atoms with Crippen molar-refractivity contribution in [3.63, 3.8) is 0 Å². The number of likely N-dealkylation sites (tertiary alicyclic amines) is 1. The summed E-state index contributed by atoms with van der Waals surface area (Å²) in [6.45, 7) is 15.8. The van der Waals surface area contributed by atoms with Crippen LogP contribution in [0.2, 0.25) is 5.02 Å². The number of benzene rings is 4. The van der Waals surface area contributed by atoms with Crippen LogP contribution in [0.4, 0.5) is 17.1 Å². The van der Waals surface area contributed by atoms with Gasteiger partial charge in [0.15, 0.2) is 0 Å². The van der Waals surface area contributed by atoms with Crippen molar-refractivity contribution in [2.75, 3.05) is 68.3 Å². The number of nitrogens with one attached hydrogen (secondary N) is 2. The number of thioether (sulfide) groups is 1. The van der Waals surface area contributed by atoms with E-state index in [0.29, 0.717) is 5.75 Å². The van der Waals surface area contributed by atoms with E-state index >= 15 is 0 Å². The Hall–Kier alpha value is -4.44. The number of sulfonamides is 1. The Bertz CT molecular complexity index is 2380. The molecule has 1 amide bonds. The SMILES string of the molecule is CC(C)OC1CCN(CC[C@H](CSc2ccccc2)Nc2ccc(S(=O)(=O)NC(=O)c3ccc(N4CCN(CC5=C(c6ccc(Cl)cc6)CCC(C)(C)C5)CC4)cc3)cc2[N+](=O)[O-])CC1. The van der Waals surface area contributed by atoms with Gasteiger partial charge in [-0.3, -0.25) is 19.8 Å². The molecule has 0 unspecified atom stereocenters. The van der Waals surface area contributed by atoms with Crippen LogP contribution in [0.1, 0.15) is 82.1 Å². The van der Waals surface area contributed by atoms with Crippen LogP contribution < -0.4 is 14.9 Å². The van der Waals surface area contributed by atoms with E-state index in [4.69, 9.17) is 16.3 Å². The van der Waals surface area contributed by atoms with Crippen LogP contribution in [0, 0.1) is 15.5 Å². The van der Waals surface area contributed by atoms with Gasteiger partial charge in [0.2, 0.25) is 0 Å². The number of nitrogens with zero attached hydrogens (tertiary/aromatic N) is 4. The van der Waals surface area contributed by atoms with Gasteiger partial charge in [0.05, 0.1) is 22.0 Å². The minimum Gasteiger partial charge on any atom is -0.376 e. The first-order valence-corrected chi connectivity index (χ1v) is 25.7. The monoisotopic (exact) mass is 942 g/mol. The van der Waals surface area contributed by atoms with Crippen LogP contribution in [0.3, 0.4) is 0 Å². The summed E-state index contributed by atoms with van der Waals surface area (Å²) >= 11 is 7.87. The molecule has 4 aromatic carbocycles. The zero-order valence-electron chi connectivity index (χ0n) is 38.0. The largest absolute Gasteiger partial charge is 0.376 e. The number of piperazine rings is 1. The Morgan fingerprint density at radius 2 is 1.62 bits per heavy atom. The van der Waals surface area contributed by atoms with Gasteiger partial charge >= 0.3 is 0 Å². The lowest BCUT2D eigenvalue weighted by atomic mass is 9.73. The van der Waals surface area contributed by atoms with Gasteiger partial charge in [-0.05, 0) is 130 Å². The normalized spacial score (nSPS) is 18.2. The first kappa shape index (κ1) is 48.5. The second kappa shape index (κ2) is 21.9. The van der Waals surface area contributed by atoms with Crippen LogP contribution >= 0.6 is 23.4 Å². The highest BCUT2D eigenvalue weighted by Gasteiger charge is 2.30. The maximum Gasteiger partial charge on any atom is 0.293 e. The molecule has 3 aliphatic rings. The number of carbonyl (C=O) groups excluding carboxylic acids is 1. The maximum atomic E-state index is 13.6. The minimum absolute atomic E-state index is 0.154. The van der Waals surface area contributed by atoms with Gasteiger partial charge in [-0.2, -0.15) is 0 Å². The molecule has 2 aliphatic heterocycles. The number of rotatable bonds is 18. The minimum atomic E-state index is -4.45. The zero-order chi connectivity index (χ0) is 46.1. The number of amides is 1. The lowest BCUT2D eigenvalue weighted by Gasteiger charge is -2.39. The van der Waals surface area contributed by atoms with Crippen molar-refractivity contribution in [1.82, 2.24) is 14.5 Å². The average Bonchev–Trinajstić information content (AvgIpc) is 3.28. The van der Waals surface area contributed by atoms with Crippen molar-refractivity contribution in [3.8, 4) is 0 Å². The first-order chi connectivity index (χ1) is 31.1. The van der Waals surface area contributed by atoms with Crippen molar-refractivity contribution in [2.45, 2.75) is 94.3 Å². The van der Waals surface area contributed by atoms with Gasteiger partial charge in [0, 0.05) is 91.4 Å². The first-order valence-electron chi connectivity index (χ1n) is 22.8. The van der Waals surface area contributed by atoms with E-state index in [0.717, 1.165) is 113 Å². The standard InChI is InChI=1S/C50H63ClN6O6S2/c1-36(2)63-43-22-26-54(27-23-43)25-21-41(35-64-44-8-6-5-7-9-44)52-47-19-18-45(32-48(47)57(59)60)65(61,62)53-49(58)38-12-16-42(17-13-38)56-30-28-55(29-31-56)34-39-33-50(3,4)24-20-46(39)37-10-14-40(51)15-11-37/h5-19,32,36,41,43,52H,20-31,33-35H2,1-4H3,(H,53,58)/t41-/m1/s1. The van der Waals surface area contributed by atoms with E-state index in [9.17, 15) is 23.3 Å². The number of allylic oxidation sites excluding steroid dienone is 1. The summed E-state index contributed by atoms with van der Waals surface area (Å²) < 4.78 is 35.3. The number of hydrogen-bond donors (Lipinski definition) is 2. The summed E-state index contributed by atoms with van der Waals surface area (Å²) in [6, 6.07) is 28.7. The number of hydrogen-bond acceptors (Lipinski definition) is 11. The Balaban J connectivity index is 0.956. The van der Waals surface area contributed by atoms with E-state index in [1.165, 1.54) is 28.8 Å². The molecule has 2 fully saturated rings. The van der Waals surface area contributed by atoms with E-state index in [1.54, 1.807) is 23.9 Å². The van der Waals surface area contributed by atoms with E-state index in [-0.39, 0.29) is 45.5 Å². The predicted molar refractivity (Wildman–Crippen MR) is 264 cm³/mol. The smallest absolute Gasteiger partial charge is 0.293 e. The number of halogens is 1. The van der Waals surface area contributed by atoms with Crippen LogP contribution in [-0.4, -0.2) is 105 Å². The highest BCUT2D eigenvalue weighted by molar-refractivity contribution is 7.99. The Morgan fingerprint density at radius 3 is 2.28 bits per heavy atom. The molecule has 65 heavy (non-hydrogen) atoms. The Morgan fingerprint density at radius 1 is 0.923 bits per heavy atom. The molecular formula is C50H63ClN6O6S2. The van der Waals surface area contributed by atoms with Crippen LogP contribution in [-0.2, 0) is 14.8 Å². The molecule has 2 heterocycles. The molecule has 1 atom stereocenters. The fourth-order valence-electron chi connectivity index (χ4n) is 9.14. The van der Waals surface area contributed by atoms with Gasteiger partial charge in [-0.1, -0.05) is 61.4 Å². The van der Waals surface area contributed by atoms with Crippen molar-refractivity contribution in [1.29, 1.82) is 0 Å². The third-order valence-corrected chi connectivity index (χ3v) is 15.5. The summed E-state index contributed by atoms with van der Waals surface area (Å²) in [7, 11) is -4.45. The quantitative estimate of drug-likeness (QED) is 0.0560. The Kier molecular flexibility index (Phi) is 16.3. The molecule has 0 spiro atoms. The summed E-state index contributed by atoms with van der Waals surface area (Å²) in [5, 5.41) is 16.6. The number of piperidine rings is 1. The number of anilines is 2. The highest BCUT2D eigenvalue weighted by atomic mass is 35.5. The van der Waals surface area contributed by atoms with Gasteiger partial charge in [0.25, 0.3) is 21.6 Å². The van der Waals surface area contributed by atoms with Crippen LogP contribution in [0.15, 0.2) is 112 Å². The van der Waals surface area contributed by atoms with E-state index < -0.39 is 20.9 Å². The maximum absolute atomic E-state index is 13.6. The van der Waals surface area contributed by atoms with Gasteiger partial charge in [-0.15, -0.1) is 11.8 Å². The fraction of sp³-hybridized carbons (Fsp3) is 0.460. The lowest BCUT2D eigenvalue weighted by Crippen LogP contribution is -2.47. The molecule has 1 aliphatic carbocycles. The van der Waals surface area contributed by atoms with E-state index in [1.807, 2.05) is 54.6 Å². The van der Waals surface area contributed by atoms with E-state index in [2.05, 4.69) is 64.6 Å². The zero-order valence-corrected chi connectivity index (χ0v) is 40.4. The molecule has 4 aromatic rings. The molecule has 15 heteroatoms. The molecule has 2 saturated heterocycles. The number of carbonyl (C=O) groups is 1. The topological polar surface area (TPSA) is 137 Å². The van der Waals surface area contributed by atoms with Gasteiger partial charge in [0.1, 0.15) is 5.69 Å². The average molecular weight is 944 g/mol. The number of ether oxygens (including phenoxy) is 1.